The highest BCUT2D eigenvalue weighted by molar-refractivity contribution is 6.31. The van der Waals surface area contributed by atoms with Gasteiger partial charge in [-0.2, -0.15) is 13.2 Å². The van der Waals surface area contributed by atoms with Crippen LogP contribution in [0.5, 0.6) is 5.88 Å². The largest absolute Gasteiger partial charge is 0.476 e. The highest BCUT2D eigenvalue weighted by Gasteiger charge is 2.59. The third-order valence-corrected chi connectivity index (χ3v) is 5.54. The number of aliphatic hydroxyl groups is 1. The molecule has 2 heterocycles. The molecule has 0 aliphatic carbocycles. The second kappa shape index (κ2) is 9.50. The maximum absolute atomic E-state index is 14.0. The number of carboxylic acid groups (broad SMARTS) is 1. The molecule has 0 aliphatic heterocycles. The lowest BCUT2D eigenvalue weighted by molar-refractivity contribution is -0.274. The lowest BCUT2D eigenvalue weighted by atomic mass is 9.78. The lowest BCUT2D eigenvalue weighted by Crippen LogP contribution is -2.46. The minimum Gasteiger partial charge on any atom is -0.476 e. The number of benzene rings is 1. The number of pyridine rings is 1. The Morgan fingerprint density at radius 2 is 1.85 bits per heavy atom. The van der Waals surface area contributed by atoms with Crippen molar-refractivity contribution in [3.05, 3.63) is 81.2 Å². The molecule has 0 saturated heterocycles. The number of ether oxygens (including phenoxy) is 1. The topological polar surface area (TPSA) is 105 Å². The Bertz CT molecular complexity index is 1160. The summed E-state index contributed by atoms with van der Waals surface area (Å²) >= 11 is 12.0. The van der Waals surface area contributed by atoms with Gasteiger partial charge in [-0.05, 0) is 41.0 Å². The van der Waals surface area contributed by atoms with Crippen LogP contribution in [-0.4, -0.2) is 37.5 Å². The van der Waals surface area contributed by atoms with Crippen molar-refractivity contribution in [3.8, 4) is 5.88 Å². The molecule has 0 spiro atoms. The van der Waals surface area contributed by atoms with Crippen LogP contribution in [0.4, 0.5) is 13.2 Å². The maximum atomic E-state index is 14.0. The minimum absolute atomic E-state index is 0.0151. The predicted octanol–water partition coefficient (Wildman–Crippen LogP) is 5.01. The predicted molar refractivity (Wildman–Crippen MR) is 112 cm³/mol. The lowest BCUT2D eigenvalue weighted by Gasteiger charge is -2.37. The molecule has 0 radical (unpaired) electrons. The SMILES string of the molecule is CC(c1ccc(COc2ccc(C(=O)O)nn2)cc1Cl)C(O)(c1ccnc(Cl)c1)C(F)(F)F. The van der Waals surface area contributed by atoms with E-state index in [0.717, 1.165) is 18.3 Å². The molecule has 2 aromatic heterocycles. The Balaban J connectivity index is 1.84. The molecule has 2 atom stereocenters. The van der Waals surface area contributed by atoms with Gasteiger partial charge in [-0.3, -0.25) is 0 Å². The van der Waals surface area contributed by atoms with Crippen LogP contribution in [0.3, 0.4) is 0 Å². The van der Waals surface area contributed by atoms with Crippen molar-refractivity contribution in [2.45, 2.75) is 31.2 Å². The van der Waals surface area contributed by atoms with Gasteiger partial charge in [0.15, 0.2) is 11.3 Å². The zero-order chi connectivity index (χ0) is 24.4. The molecule has 12 heteroatoms. The first-order chi connectivity index (χ1) is 15.4. The summed E-state index contributed by atoms with van der Waals surface area (Å²) in [6.45, 7) is 1.15. The van der Waals surface area contributed by atoms with E-state index in [1.54, 1.807) is 0 Å². The van der Waals surface area contributed by atoms with E-state index in [0.29, 0.717) is 5.56 Å². The quantitative estimate of drug-likeness (QED) is 0.438. The van der Waals surface area contributed by atoms with E-state index in [9.17, 15) is 23.1 Å². The zero-order valence-electron chi connectivity index (χ0n) is 16.8. The maximum Gasteiger partial charge on any atom is 0.422 e. The van der Waals surface area contributed by atoms with Gasteiger partial charge in [0, 0.05) is 23.2 Å². The fraction of sp³-hybridized carbons (Fsp3) is 0.238. The van der Waals surface area contributed by atoms with Crippen LogP contribution in [0.25, 0.3) is 0 Å². The van der Waals surface area contributed by atoms with Crippen molar-refractivity contribution >= 4 is 29.2 Å². The average molecular weight is 502 g/mol. The summed E-state index contributed by atoms with van der Waals surface area (Å²) in [6.07, 6.45) is -3.96. The molecule has 33 heavy (non-hydrogen) atoms. The van der Waals surface area contributed by atoms with Gasteiger partial charge < -0.3 is 14.9 Å². The highest BCUT2D eigenvalue weighted by atomic mass is 35.5. The number of carboxylic acids is 1. The molecule has 174 valence electrons. The van der Waals surface area contributed by atoms with Crippen molar-refractivity contribution < 1.29 is 32.9 Å². The molecule has 2 unspecified atom stereocenters. The van der Waals surface area contributed by atoms with E-state index in [1.165, 1.54) is 37.3 Å². The van der Waals surface area contributed by atoms with Crippen LogP contribution >= 0.6 is 23.2 Å². The summed E-state index contributed by atoms with van der Waals surface area (Å²) in [4.78, 5) is 14.5. The molecule has 0 bridgehead atoms. The van der Waals surface area contributed by atoms with Crippen molar-refractivity contribution in [2.24, 2.45) is 0 Å². The molecule has 0 saturated carbocycles. The number of halogens is 5. The van der Waals surface area contributed by atoms with E-state index < -0.39 is 29.2 Å². The molecular weight excluding hydrogens is 486 g/mol. The van der Waals surface area contributed by atoms with Crippen LogP contribution < -0.4 is 4.74 Å². The number of carbonyl (C=O) groups is 1. The summed E-state index contributed by atoms with van der Waals surface area (Å²) in [5.41, 5.74) is -3.44. The van der Waals surface area contributed by atoms with E-state index in [1.807, 2.05) is 0 Å². The van der Waals surface area contributed by atoms with E-state index in [-0.39, 0.29) is 33.9 Å². The Morgan fingerprint density at radius 1 is 1.12 bits per heavy atom. The van der Waals surface area contributed by atoms with Crippen molar-refractivity contribution in [2.75, 3.05) is 0 Å². The minimum atomic E-state index is -5.04. The second-order valence-electron chi connectivity index (χ2n) is 7.06. The molecular formula is C21H16Cl2F3N3O4. The zero-order valence-corrected chi connectivity index (χ0v) is 18.4. The number of alkyl halides is 3. The summed E-state index contributed by atoms with van der Waals surface area (Å²) < 4.78 is 47.5. The van der Waals surface area contributed by atoms with Gasteiger partial charge in [0.1, 0.15) is 11.8 Å². The van der Waals surface area contributed by atoms with Crippen LogP contribution in [0.15, 0.2) is 48.7 Å². The molecule has 0 amide bonds. The van der Waals surface area contributed by atoms with Gasteiger partial charge in [-0.15, -0.1) is 10.2 Å². The molecule has 0 aliphatic rings. The monoisotopic (exact) mass is 501 g/mol. The molecule has 7 nitrogen and oxygen atoms in total. The highest BCUT2D eigenvalue weighted by Crippen LogP contribution is 2.50. The molecule has 3 aromatic rings. The van der Waals surface area contributed by atoms with Gasteiger partial charge in [-0.25, -0.2) is 9.78 Å². The van der Waals surface area contributed by atoms with Crippen LogP contribution in [0, 0.1) is 0 Å². The first-order valence-corrected chi connectivity index (χ1v) is 10.1. The fourth-order valence-electron chi connectivity index (χ4n) is 3.20. The second-order valence-corrected chi connectivity index (χ2v) is 7.85. The van der Waals surface area contributed by atoms with E-state index in [4.69, 9.17) is 33.0 Å². The van der Waals surface area contributed by atoms with Gasteiger partial charge in [0.2, 0.25) is 5.88 Å². The van der Waals surface area contributed by atoms with E-state index in [2.05, 4.69) is 15.2 Å². The number of hydrogen-bond donors (Lipinski definition) is 2. The third kappa shape index (κ3) is 5.18. The Kier molecular flexibility index (Phi) is 7.11. The van der Waals surface area contributed by atoms with Gasteiger partial charge in [0.25, 0.3) is 0 Å². The molecule has 2 N–H and O–H groups in total. The molecule has 1 aromatic carbocycles. The first-order valence-electron chi connectivity index (χ1n) is 9.32. The van der Waals surface area contributed by atoms with Crippen molar-refractivity contribution in [3.63, 3.8) is 0 Å². The Morgan fingerprint density at radius 3 is 2.39 bits per heavy atom. The van der Waals surface area contributed by atoms with E-state index >= 15 is 0 Å². The third-order valence-electron chi connectivity index (χ3n) is 5.00. The number of rotatable bonds is 7. The normalized spacial score (nSPS) is 14.4. The van der Waals surface area contributed by atoms with Gasteiger partial charge >= 0.3 is 12.1 Å². The van der Waals surface area contributed by atoms with Crippen LogP contribution in [0.2, 0.25) is 10.2 Å². The average Bonchev–Trinajstić information content (AvgIpc) is 2.76. The summed E-state index contributed by atoms with van der Waals surface area (Å²) in [5, 5.41) is 26.5. The smallest absolute Gasteiger partial charge is 0.422 e. The van der Waals surface area contributed by atoms with Gasteiger partial charge in [0.05, 0.1) is 0 Å². The Labute approximate surface area is 195 Å². The number of nitrogens with zero attached hydrogens (tertiary/aromatic N) is 3. The summed E-state index contributed by atoms with van der Waals surface area (Å²) in [6, 6.07) is 8.80. The van der Waals surface area contributed by atoms with Crippen molar-refractivity contribution in [1.82, 2.24) is 15.2 Å². The van der Waals surface area contributed by atoms with Crippen molar-refractivity contribution in [1.29, 1.82) is 0 Å². The summed E-state index contributed by atoms with van der Waals surface area (Å²) in [5.74, 6) is -2.68. The first kappa shape index (κ1) is 24.7. The number of hydrogen-bond acceptors (Lipinski definition) is 6. The molecule has 0 fully saturated rings. The number of aromatic nitrogens is 3. The Hall–Kier alpha value is -2.95. The van der Waals surface area contributed by atoms with Crippen LogP contribution in [0.1, 0.15) is 40.0 Å². The fourth-order valence-corrected chi connectivity index (χ4v) is 3.74. The number of aromatic carboxylic acids is 1. The van der Waals surface area contributed by atoms with Crippen LogP contribution in [-0.2, 0) is 12.2 Å². The standard InChI is InChI=1S/C21H16Cl2F3N3O4/c1-11(20(32,21(24,25)26)13-6-7-27-17(23)9-13)14-3-2-12(8-15(14)22)10-33-18-5-4-16(19(30)31)28-29-18/h2-9,11,32H,10H2,1H3,(H,30,31). The molecule has 3 rings (SSSR count). The summed E-state index contributed by atoms with van der Waals surface area (Å²) in [7, 11) is 0. The van der Waals surface area contributed by atoms with Gasteiger partial charge in [-0.1, -0.05) is 42.3 Å².